The van der Waals surface area contributed by atoms with Gasteiger partial charge in [0.25, 0.3) is 0 Å². The first-order chi connectivity index (χ1) is 12.0. The third-order valence-electron chi connectivity index (χ3n) is 5.09. The van der Waals surface area contributed by atoms with E-state index in [0.717, 1.165) is 54.5 Å². The van der Waals surface area contributed by atoms with Gasteiger partial charge in [-0.3, -0.25) is 0 Å². The molecule has 0 spiro atoms. The van der Waals surface area contributed by atoms with Crippen LogP contribution in [-0.4, -0.2) is 29.4 Å². The average molecular weight is 342 g/mol. The fraction of sp³-hybridized carbons (Fsp3) is 0.550. The first kappa shape index (κ1) is 17.8. The highest BCUT2D eigenvalue weighted by molar-refractivity contribution is 6.04. The van der Waals surface area contributed by atoms with Crippen molar-refractivity contribution in [3.05, 3.63) is 24.3 Å². The molecule has 0 fully saturated rings. The van der Waals surface area contributed by atoms with Crippen LogP contribution in [0.3, 0.4) is 0 Å². The molecule has 0 amide bonds. The second kappa shape index (κ2) is 7.08. The molecule has 1 aromatic carbocycles. The Morgan fingerprint density at radius 2 is 2.08 bits per heavy atom. The summed E-state index contributed by atoms with van der Waals surface area (Å²) >= 11 is 0. The van der Waals surface area contributed by atoms with Gasteiger partial charge in [0.15, 0.2) is 0 Å². The lowest BCUT2D eigenvalue weighted by Gasteiger charge is -2.35. The van der Waals surface area contributed by atoms with E-state index in [0.29, 0.717) is 5.82 Å². The van der Waals surface area contributed by atoms with Gasteiger partial charge in [-0.1, -0.05) is 45.4 Å². The fourth-order valence-corrected chi connectivity index (χ4v) is 3.71. The number of anilines is 3. The minimum atomic E-state index is 0.0155. The van der Waals surface area contributed by atoms with Crippen LogP contribution in [0.25, 0.3) is 10.9 Å². The number of aliphatic hydroxyl groups is 1. The molecule has 3 rings (SSSR count). The van der Waals surface area contributed by atoms with Gasteiger partial charge in [-0.05, 0) is 30.7 Å². The van der Waals surface area contributed by atoms with Crippen molar-refractivity contribution in [2.45, 2.75) is 52.6 Å². The van der Waals surface area contributed by atoms with Gasteiger partial charge in [0.05, 0.1) is 17.4 Å². The second-order valence-electron chi connectivity index (χ2n) is 7.81. The molecule has 2 aromatic rings. The van der Waals surface area contributed by atoms with Gasteiger partial charge in [-0.15, -0.1) is 0 Å². The number of para-hydroxylation sites is 1. The second-order valence-corrected chi connectivity index (χ2v) is 7.81. The van der Waals surface area contributed by atoms with Crippen molar-refractivity contribution in [2.24, 2.45) is 5.41 Å². The molecule has 1 aliphatic heterocycles. The largest absolute Gasteiger partial charge is 0.396 e. The number of nitrogen functional groups attached to an aromatic ring is 1. The van der Waals surface area contributed by atoms with Crippen molar-refractivity contribution in [3.63, 3.8) is 0 Å². The standard InChI is InChI=1S/C20H30N4O/c1-4-5-10-16-23-17-18(24(16)13-20(2,3)11-12-25)14-8-6-7-9-15(14)22-19(17)21/h6-9,16,23,25H,4-5,10-13H2,1-3H3,(H2,21,22). The maximum atomic E-state index is 9.43. The summed E-state index contributed by atoms with van der Waals surface area (Å²) in [5.41, 5.74) is 9.34. The molecule has 0 saturated heterocycles. The summed E-state index contributed by atoms with van der Waals surface area (Å²) in [5, 5.41) is 14.2. The van der Waals surface area contributed by atoms with Crippen molar-refractivity contribution >= 4 is 28.1 Å². The molecular weight excluding hydrogens is 312 g/mol. The molecule has 5 heteroatoms. The molecule has 25 heavy (non-hydrogen) atoms. The van der Waals surface area contributed by atoms with E-state index >= 15 is 0 Å². The summed E-state index contributed by atoms with van der Waals surface area (Å²) in [4.78, 5) is 7.02. The summed E-state index contributed by atoms with van der Waals surface area (Å²) in [5.74, 6) is 0.567. The number of rotatable bonds is 7. The van der Waals surface area contributed by atoms with Crippen LogP contribution in [0.4, 0.5) is 17.2 Å². The van der Waals surface area contributed by atoms with E-state index < -0.39 is 0 Å². The Labute approximate surface area is 150 Å². The highest BCUT2D eigenvalue weighted by Gasteiger charge is 2.35. The van der Waals surface area contributed by atoms with E-state index in [1.807, 2.05) is 12.1 Å². The van der Waals surface area contributed by atoms with Crippen LogP contribution in [0.2, 0.25) is 0 Å². The summed E-state index contributed by atoms with van der Waals surface area (Å²) in [6.07, 6.45) is 4.39. The molecule has 0 bridgehead atoms. The molecule has 0 aliphatic carbocycles. The van der Waals surface area contributed by atoms with E-state index in [2.05, 4.69) is 48.1 Å². The van der Waals surface area contributed by atoms with Crippen LogP contribution >= 0.6 is 0 Å². The Kier molecular flexibility index (Phi) is 5.04. The summed E-state index contributed by atoms with van der Waals surface area (Å²) < 4.78 is 0. The number of fused-ring (bicyclic) bond motifs is 3. The monoisotopic (exact) mass is 342 g/mol. The lowest BCUT2D eigenvalue weighted by atomic mass is 9.88. The maximum absolute atomic E-state index is 9.43. The number of benzene rings is 1. The van der Waals surface area contributed by atoms with Crippen LogP contribution in [0.1, 0.15) is 46.5 Å². The number of pyridine rings is 1. The third-order valence-corrected chi connectivity index (χ3v) is 5.09. The molecule has 1 unspecified atom stereocenters. The van der Waals surface area contributed by atoms with Crippen molar-refractivity contribution < 1.29 is 5.11 Å². The number of unbranched alkanes of at least 4 members (excludes halogenated alkanes) is 1. The van der Waals surface area contributed by atoms with Gasteiger partial charge in [0.1, 0.15) is 11.5 Å². The number of nitrogens with one attached hydrogen (secondary N) is 1. The first-order valence-corrected chi connectivity index (χ1v) is 9.29. The van der Waals surface area contributed by atoms with E-state index in [-0.39, 0.29) is 18.2 Å². The number of aromatic nitrogens is 1. The smallest absolute Gasteiger partial charge is 0.149 e. The molecule has 2 heterocycles. The molecule has 1 aliphatic rings. The SMILES string of the molecule is CCCCC1Nc2c(N)nc3ccccc3c2N1CC(C)(C)CCO. The lowest BCUT2D eigenvalue weighted by Crippen LogP contribution is -2.42. The number of nitrogens with zero attached hydrogens (tertiary/aromatic N) is 2. The average Bonchev–Trinajstić information content (AvgIpc) is 2.91. The lowest BCUT2D eigenvalue weighted by molar-refractivity contribution is 0.212. The van der Waals surface area contributed by atoms with E-state index in [1.165, 1.54) is 0 Å². The zero-order chi connectivity index (χ0) is 18.0. The zero-order valence-corrected chi connectivity index (χ0v) is 15.5. The van der Waals surface area contributed by atoms with E-state index in [4.69, 9.17) is 5.73 Å². The fourth-order valence-electron chi connectivity index (χ4n) is 3.71. The number of nitrogens with two attached hydrogens (primary N) is 1. The predicted molar refractivity (Wildman–Crippen MR) is 106 cm³/mol. The topological polar surface area (TPSA) is 74.4 Å². The maximum Gasteiger partial charge on any atom is 0.149 e. The third kappa shape index (κ3) is 3.52. The molecule has 4 N–H and O–H groups in total. The molecule has 136 valence electrons. The number of hydrogen-bond donors (Lipinski definition) is 3. The van der Waals surface area contributed by atoms with Crippen LogP contribution < -0.4 is 16.0 Å². The van der Waals surface area contributed by atoms with Crippen molar-refractivity contribution in [1.82, 2.24) is 4.98 Å². The quantitative estimate of drug-likeness (QED) is 0.710. The zero-order valence-electron chi connectivity index (χ0n) is 15.5. The van der Waals surface area contributed by atoms with Crippen LogP contribution in [-0.2, 0) is 0 Å². The van der Waals surface area contributed by atoms with Crippen LogP contribution in [0.5, 0.6) is 0 Å². The Bertz CT molecular complexity index is 744. The summed E-state index contributed by atoms with van der Waals surface area (Å²) in [6.45, 7) is 7.72. The van der Waals surface area contributed by atoms with Gasteiger partial charge in [0, 0.05) is 18.5 Å². The van der Waals surface area contributed by atoms with Crippen molar-refractivity contribution in [1.29, 1.82) is 0 Å². The van der Waals surface area contributed by atoms with Crippen LogP contribution in [0, 0.1) is 5.41 Å². The molecule has 0 radical (unpaired) electrons. The predicted octanol–water partition coefficient (Wildman–Crippen LogP) is 3.97. The molecule has 5 nitrogen and oxygen atoms in total. The Morgan fingerprint density at radius 3 is 2.80 bits per heavy atom. The Hall–Kier alpha value is -2.01. The van der Waals surface area contributed by atoms with Gasteiger partial charge in [-0.25, -0.2) is 4.98 Å². The highest BCUT2D eigenvalue weighted by Crippen LogP contribution is 2.45. The first-order valence-electron chi connectivity index (χ1n) is 9.29. The van der Waals surface area contributed by atoms with Crippen molar-refractivity contribution in [3.8, 4) is 0 Å². The molecular formula is C20H30N4O. The number of aliphatic hydroxyl groups excluding tert-OH is 1. The van der Waals surface area contributed by atoms with Gasteiger partial charge < -0.3 is 21.1 Å². The highest BCUT2D eigenvalue weighted by atomic mass is 16.3. The van der Waals surface area contributed by atoms with Gasteiger partial charge in [-0.2, -0.15) is 0 Å². The van der Waals surface area contributed by atoms with Crippen molar-refractivity contribution in [2.75, 3.05) is 29.1 Å². The minimum absolute atomic E-state index is 0.0155. The normalized spacial score (nSPS) is 17.0. The minimum Gasteiger partial charge on any atom is -0.396 e. The van der Waals surface area contributed by atoms with E-state index in [9.17, 15) is 5.11 Å². The van der Waals surface area contributed by atoms with Gasteiger partial charge >= 0.3 is 0 Å². The molecule has 1 atom stereocenters. The summed E-state index contributed by atoms with van der Waals surface area (Å²) in [6, 6.07) is 8.19. The Balaban J connectivity index is 2.06. The van der Waals surface area contributed by atoms with E-state index in [1.54, 1.807) is 0 Å². The molecule has 0 saturated carbocycles. The van der Waals surface area contributed by atoms with Crippen LogP contribution in [0.15, 0.2) is 24.3 Å². The Morgan fingerprint density at radius 1 is 1.32 bits per heavy atom. The van der Waals surface area contributed by atoms with Gasteiger partial charge in [0.2, 0.25) is 0 Å². The number of hydrogen-bond acceptors (Lipinski definition) is 5. The molecule has 1 aromatic heterocycles. The summed E-state index contributed by atoms with van der Waals surface area (Å²) in [7, 11) is 0.